The number of carbonyl (C=O) groups excluding carboxylic acids is 3. The van der Waals surface area contributed by atoms with Crippen LogP contribution >= 0.6 is 0 Å². The fourth-order valence-corrected chi connectivity index (χ4v) is 5.48. The summed E-state index contributed by atoms with van der Waals surface area (Å²) in [6.07, 6.45) is 8.55. The molecule has 1 saturated heterocycles. The average Bonchev–Trinajstić information content (AvgIpc) is 3.74. The lowest BCUT2D eigenvalue weighted by molar-refractivity contribution is -0.132. The maximum Gasteiger partial charge on any atom is 0.273 e. The highest BCUT2D eigenvalue weighted by atomic mass is 16.7. The van der Waals surface area contributed by atoms with Gasteiger partial charge in [0.2, 0.25) is 18.6 Å². The number of amides is 3. The molecule has 0 radical (unpaired) electrons. The molecule has 3 heterocycles. The number of hydrogen-bond donors (Lipinski definition) is 1. The molecular formula is C28H36N4O6. The molecule has 10 heteroatoms. The van der Waals surface area contributed by atoms with E-state index >= 15 is 0 Å². The van der Waals surface area contributed by atoms with Crippen LogP contribution in [0.3, 0.4) is 0 Å². The second-order valence-electron chi connectivity index (χ2n) is 10.4. The van der Waals surface area contributed by atoms with Gasteiger partial charge in [0.25, 0.3) is 5.91 Å². The summed E-state index contributed by atoms with van der Waals surface area (Å²) in [4.78, 5) is 41.5. The minimum Gasteiger partial charge on any atom is -0.454 e. The molecule has 2 aromatic rings. The summed E-state index contributed by atoms with van der Waals surface area (Å²) in [6, 6.07) is 7.11. The van der Waals surface area contributed by atoms with E-state index in [0.717, 1.165) is 24.9 Å². The van der Waals surface area contributed by atoms with Gasteiger partial charge in [-0.1, -0.05) is 36.9 Å². The van der Waals surface area contributed by atoms with Gasteiger partial charge in [0.15, 0.2) is 23.0 Å². The monoisotopic (exact) mass is 524 g/mol. The molecule has 2 aliphatic heterocycles. The summed E-state index contributed by atoms with van der Waals surface area (Å²) < 4.78 is 16.2. The van der Waals surface area contributed by atoms with E-state index in [1.165, 1.54) is 25.7 Å². The van der Waals surface area contributed by atoms with Crippen molar-refractivity contribution in [3.8, 4) is 11.5 Å². The van der Waals surface area contributed by atoms with E-state index in [1.54, 1.807) is 11.0 Å². The van der Waals surface area contributed by atoms with E-state index in [9.17, 15) is 14.4 Å². The number of nitrogens with zero attached hydrogens (tertiary/aromatic N) is 3. The van der Waals surface area contributed by atoms with E-state index < -0.39 is 0 Å². The maximum absolute atomic E-state index is 13.2. The van der Waals surface area contributed by atoms with Crippen molar-refractivity contribution in [2.24, 2.45) is 5.92 Å². The van der Waals surface area contributed by atoms with E-state index in [0.29, 0.717) is 62.1 Å². The number of likely N-dealkylation sites (tertiary alicyclic amines) is 1. The number of aromatic nitrogens is 1. The number of rotatable bonds is 12. The number of fused-ring (bicyclic) bond motifs is 1. The Morgan fingerprint density at radius 2 is 1.95 bits per heavy atom. The lowest BCUT2D eigenvalue weighted by Gasteiger charge is -2.24. The summed E-state index contributed by atoms with van der Waals surface area (Å²) in [5, 5.41) is 6.78. The van der Waals surface area contributed by atoms with Gasteiger partial charge < -0.3 is 29.1 Å². The van der Waals surface area contributed by atoms with Crippen LogP contribution in [0.5, 0.6) is 11.5 Å². The topological polar surface area (TPSA) is 114 Å². The largest absolute Gasteiger partial charge is 0.454 e. The van der Waals surface area contributed by atoms with Gasteiger partial charge in [0.05, 0.1) is 6.54 Å². The number of hydrogen-bond acceptors (Lipinski definition) is 7. The van der Waals surface area contributed by atoms with Crippen molar-refractivity contribution in [1.82, 2.24) is 20.3 Å². The normalized spacial score (nSPS) is 16.8. The van der Waals surface area contributed by atoms with Gasteiger partial charge in [0.1, 0.15) is 0 Å². The molecule has 0 atom stereocenters. The third-order valence-electron chi connectivity index (χ3n) is 7.65. The smallest absolute Gasteiger partial charge is 0.273 e. The van der Waals surface area contributed by atoms with E-state index in [1.807, 2.05) is 23.1 Å². The van der Waals surface area contributed by atoms with Crippen LogP contribution in [-0.4, -0.2) is 59.1 Å². The molecule has 1 aromatic heterocycles. The van der Waals surface area contributed by atoms with Crippen molar-refractivity contribution in [1.29, 1.82) is 0 Å². The average molecular weight is 525 g/mol. The molecule has 0 spiro atoms. The Morgan fingerprint density at radius 1 is 1.11 bits per heavy atom. The third-order valence-corrected chi connectivity index (χ3v) is 7.65. The number of ether oxygens (including phenoxy) is 2. The Balaban J connectivity index is 1.15. The van der Waals surface area contributed by atoms with Crippen molar-refractivity contribution in [3.05, 3.63) is 41.3 Å². The van der Waals surface area contributed by atoms with Crippen molar-refractivity contribution in [2.75, 3.05) is 26.4 Å². The first-order chi connectivity index (χ1) is 18.5. The number of benzene rings is 1. The number of nitrogens with one attached hydrogen (secondary N) is 1. The molecule has 38 heavy (non-hydrogen) atoms. The lowest BCUT2D eigenvalue weighted by atomic mass is 10.0. The maximum atomic E-state index is 13.2. The highest BCUT2D eigenvalue weighted by Gasteiger charge is 2.23. The minimum atomic E-state index is -0.357. The Labute approximate surface area is 222 Å². The molecule has 2 fully saturated rings. The predicted octanol–water partition coefficient (Wildman–Crippen LogP) is 3.64. The first-order valence-electron chi connectivity index (χ1n) is 13.7. The molecule has 5 rings (SSSR count). The Kier molecular flexibility index (Phi) is 8.45. The van der Waals surface area contributed by atoms with E-state index in [4.69, 9.17) is 14.0 Å². The second kappa shape index (κ2) is 12.3. The second-order valence-corrected chi connectivity index (χ2v) is 10.4. The zero-order valence-corrected chi connectivity index (χ0v) is 21.8. The SMILES string of the molecule is O=C(NCc1ccc2c(c1)OCO2)c1cc(CN(CCCN2CCCC2=O)C(=O)CCC2CCCC2)on1. The zero-order chi connectivity index (χ0) is 26.3. The fraction of sp³-hybridized carbons (Fsp3) is 0.571. The van der Waals surface area contributed by atoms with Gasteiger partial charge in [-0.05, 0) is 42.9 Å². The van der Waals surface area contributed by atoms with Crippen molar-refractivity contribution in [3.63, 3.8) is 0 Å². The molecule has 1 N–H and O–H groups in total. The van der Waals surface area contributed by atoms with Crippen LogP contribution in [0.1, 0.15) is 79.6 Å². The quantitative estimate of drug-likeness (QED) is 0.451. The fourth-order valence-electron chi connectivity index (χ4n) is 5.48. The van der Waals surface area contributed by atoms with Crippen LogP contribution in [0.25, 0.3) is 0 Å². The summed E-state index contributed by atoms with van der Waals surface area (Å²) in [5.41, 5.74) is 1.04. The van der Waals surface area contributed by atoms with Crippen LogP contribution in [-0.2, 0) is 22.7 Å². The van der Waals surface area contributed by atoms with Crippen LogP contribution in [0.2, 0.25) is 0 Å². The molecule has 204 valence electrons. The molecule has 1 saturated carbocycles. The summed E-state index contributed by atoms with van der Waals surface area (Å²) >= 11 is 0. The van der Waals surface area contributed by atoms with Gasteiger partial charge in [-0.3, -0.25) is 14.4 Å². The Hall–Kier alpha value is -3.56. The first-order valence-corrected chi connectivity index (χ1v) is 13.7. The molecule has 3 amide bonds. The summed E-state index contributed by atoms with van der Waals surface area (Å²) in [7, 11) is 0. The van der Waals surface area contributed by atoms with Crippen LogP contribution in [0.4, 0.5) is 0 Å². The van der Waals surface area contributed by atoms with Gasteiger partial charge in [-0.25, -0.2) is 0 Å². The van der Waals surface area contributed by atoms with Crippen molar-refractivity contribution >= 4 is 17.7 Å². The molecule has 3 aliphatic rings. The molecule has 0 bridgehead atoms. The predicted molar refractivity (Wildman–Crippen MR) is 137 cm³/mol. The molecule has 0 unspecified atom stereocenters. The van der Waals surface area contributed by atoms with E-state index in [-0.39, 0.29) is 36.8 Å². The molecule has 10 nitrogen and oxygen atoms in total. The highest BCUT2D eigenvalue weighted by Crippen LogP contribution is 2.32. The summed E-state index contributed by atoms with van der Waals surface area (Å²) in [6.45, 7) is 2.72. The highest BCUT2D eigenvalue weighted by molar-refractivity contribution is 5.92. The number of carbonyl (C=O) groups is 3. The van der Waals surface area contributed by atoms with Crippen LogP contribution in [0, 0.1) is 5.92 Å². The van der Waals surface area contributed by atoms with Crippen molar-refractivity contribution in [2.45, 2.75) is 70.9 Å². The lowest BCUT2D eigenvalue weighted by Crippen LogP contribution is -2.34. The first kappa shape index (κ1) is 26.1. The van der Waals surface area contributed by atoms with Crippen LogP contribution in [0.15, 0.2) is 28.8 Å². The van der Waals surface area contributed by atoms with Gasteiger partial charge in [-0.15, -0.1) is 0 Å². The van der Waals surface area contributed by atoms with Gasteiger partial charge in [-0.2, -0.15) is 0 Å². The Morgan fingerprint density at radius 3 is 2.76 bits per heavy atom. The zero-order valence-electron chi connectivity index (χ0n) is 21.8. The Bertz CT molecular complexity index is 1140. The summed E-state index contributed by atoms with van der Waals surface area (Å²) in [5.74, 6) is 2.36. The minimum absolute atomic E-state index is 0.0786. The van der Waals surface area contributed by atoms with Gasteiger partial charge >= 0.3 is 0 Å². The third kappa shape index (κ3) is 6.65. The van der Waals surface area contributed by atoms with E-state index in [2.05, 4.69) is 10.5 Å². The molecule has 1 aromatic carbocycles. The molecule has 1 aliphatic carbocycles. The standard InChI is InChI=1S/C28H36N4O6/c33-26-7-3-12-31(26)13-4-14-32(27(34)11-9-20-5-1-2-6-20)18-22-16-23(30-38-22)28(35)29-17-21-8-10-24-25(15-21)37-19-36-24/h8,10,15-16,20H,1-7,9,11-14,17-19H2,(H,29,35). The van der Waals surface area contributed by atoms with Crippen LogP contribution < -0.4 is 14.8 Å². The van der Waals surface area contributed by atoms with Gasteiger partial charge in [0, 0.05) is 45.1 Å². The molecular weight excluding hydrogens is 488 g/mol. The van der Waals surface area contributed by atoms with Crippen molar-refractivity contribution < 1.29 is 28.4 Å².